The molecule has 0 aliphatic heterocycles. The van der Waals surface area contributed by atoms with Crippen molar-refractivity contribution in [1.82, 2.24) is 0 Å². The fourth-order valence-corrected chi connectivity index (χ4v) is 8.71. The maximum absolute atomic E-state index is 12.9. The molecule has 0 spiro atoms. The maximum atomic E-state index is 12.9. The van der Waals surface area contributed by atoms with Gasteiger partial charge in [-0.2, -0.15) is 0 Å². The van der Waals surface area contributed by atoms with Crippen LogP contribution < -0.4 is 0 Å². The molecule has 1 atom stereocenters. The molecule has 6 heteroatoms. The molecular weight excluding hydrogens is 937 g/mol. The van der Waals surface area contributed by atoms with E-state index < -0.39 is 6.10 Å². The molecule has 0 N–H and O–H groups in total. The molecule has 0 rings (SSSR count). The van der Waals surface area contributed by atoms with Crippen molar-refractivity contribution in [2.24, 2.45) is 0 Å². The van der Waals surface area contributed by atoms with E-state index >= 15 is 0 Å². The maximum Gasteiger partial charge on any atom is 0.306 e. The quantitative estimate of drug-likeness (QED) is 0.0261. The van der Waals surface area contributed by atoms with Crippen molar-refractivity contribution in [2.75, 3.05) is 13.2 Å². The van der Waals surface area contributed by atoms with Gasteiger partial charge < -0.3 is 14.2 Å². The van der Waals surface area contributed by atoms with Crippen LogP contribution in [-0.4, -0.2) is 37.2 Å². The second-order valence-electron chi connectivity index (χ2n) is 20.9. The summed E-state index contributed by atoms with van der Waals surface area (Å²) in [5, 5.41) is 0. The van der Waals surface area contributed by atoms with Crippen LogP contribution in [0.4, 0.5) is 0 Å². The third kappa shape index (κ3) is 60.9. The Kier molecular flexibility index (Phi) is 60.3. The van der Waals surface area contributed by atoms with Crippen LogP contribution in [0.25, 0.3) is 0 Å². The first kappa shape index (κ1) is 72.1. The van der Waals surface area contributed by atoms with Gasteiger partial charge in [0, 0.05) is 19.3 Å². The van der Waals surface area contributed by atoms with Gasteiger partial charge in [0.2, 0.25) is 0 Å². The van der Waals surface area contributed by atoms with E-state index in [1.54, 1.807) is 0 Å². The Labute approximate surface area is 470 Å². The van der Waals surface area contributed by atoms with Crippen molar-refractivity contribution in [1.29, 1.82) is 0 Å². The molecule has 0 fully saturated rings. The van der Waals surface area contributed by atoms with Crippen LogP contribution >= 0.6 is 0 Å². The summed E-state index contributed by atoms with van der Waals surface area (Å²) in [6.07, 6.45) is 86.7. The van der Waals surface area contributed by atoms with Gasteiger partial charge in [-0.3, -0.25) is 14.4 Å². The second kappa shape index (κ2) is 63.6. The largest absolute Gasteiger partial charge is 0.462 e. The van der Waals surface area contributed by atoms with Crippen LogP contribution in [0, 0.1) is 0 Å². The van der Waals surface area contributed by atoms with Crippen LogP contribution in [-0.2, 0) is 28.6 Å². The van der Waals surface area contributed by atoms with Crippen molar-refractivity contribution in [2.45, 2.75) is 303 Å². The van der Waals surface area contributed by atoms with Gasteiger partial charge in [-0.1, -0.05) is 265 Å². The lowest BCUT2D eigenvalue weighted by molar-refractivity contribution is -0.167. The lowest BCUT2D eigenvalue weighted by atomic mass is 10.1. The number of allylic oxidation sites excluding steroid dienone is 18. The Balaban J connectivity index is 4.29. The van der Waals surface area contributed by atoms with Crippen molar-refractivity contribution >= 4 is 17.9 Å². The molecule has 76 heavy (non-hydrogen) atoms. The minimum absolute atomic E-state index is 0.0870. The molecule has 6 nitrogen and oxygen atoms in total. The summed E-state index contributed by atoms with van der Waals surface area (Å²) in [7, 11) is 0. The lowest BCUT2D eigenvalue weighted by Gasteiger charge is -2.18. The molecule has 0 aliphatic carbocycles. The average molecular weight is 1060 g/mol. The molecule has 0 amide bonds. The first-order chi connectivity index (χ1) is 37.5. The topological polar surface area (TPSA) is 78.9 Å². The zero-order chi connectivity index (χ0) is 55.0. The van der Waals surface area contributed by atoms with Crippen LogP contribution in [0.1, 0.15) is 297 Å². The van der Waals surface area contributed by atoms with Crippen molar-refractivity contribution in [3.8, 4) is 0 Å². The molecule has 0 aromatic heterocycles. The standard InChI is InChI=1S/C70H118O6/c1-4-7-10-13-16-19-22-24-26-28-30-32-33-34-35-36-37-39-40-42-44-46-48-51-54-57-60-63-69(72)75-66-67(65-74-68(71)62-59-56-53-50-21-18-15-12-9-6-3)76-70(73)64-61-58-55-52-49-47-45-43-41-38-31-29-27-25-23-20-17-14-11-8-5-2/h7,10,12,15-16,19,23-26,29-32,34-35,37,39,67H,4-6,8-9,11,13-14,17-18,20-22,27-28,33,36,38,40-66H2,1-3H3/b10-7-,15-12-,19-16-,25-23-,26-24-,31-29-,32-30-,35-34-,39-37-. The van der Waals surface area contributed by atoms with Gasteiger partial charge in [0.15, 0.2) is 6.10 Å². The molecule has 1 unspecified atom stereocenters. The van der Waals surface area contributed by atoms with E-state index in [0.29, 0.717) is 19.3 Å². The Morgan fingerprint density at radius 3 is 0.868 bits per heavy atom. The van der Waals surface area contributed by atoms with Gasteiger partial charge in [-0.25, -0.2) is 0 Å². The van der Waals surface area contributed by atoms with Gasteiger partial charge in [0.1, 0.15) is 13.2 Å². The number of hydrogen-bond acceptors (Lipinski definition) is 6. The smallest absolute Gasteiger partial charge is 0.306 e. The third-order valence-corrected chi connectivity index (χ3v) is 13.5. The third-order valence-electron chi connectivity index (χ3n) is 13.5. The highest BCUT2D eigenvalue weighted by Gasteiger charge is 2.19. The number of hydrogen-bond donors (Lipinski definition) is 0. The summed E-state index contributed by atoms with van der Waals surface area (Å²) in [6, 6.07) is 0. The molecular formula is C70H118O6. The molecule has 0 heterocycles. The first-order valence-electron chi connectivity index (χ1n) is 31.9. The predicted octanol–water partition coefficient (Wildman–Crippen LogP) is 21.8. The van der Waals surface area contributed by atoms with E-state index in [4.69, 9.17) is 14.2 Å². The SMILES string of the molecule is CC/C=C\C/C=C\C/C=C\C/C=C\C/C=C\C/C=C\CCCCCCCCCCC(=O)OCC(COC(=O)CCCCCCC/C=C\CCC)OC(=O)CCCCCCCCCCC/C=C\C/C=C\CCCCCCC. The van der Waals surface area contributed by atoms with E-state index in [-0.39, 0.29) is 31.1 Å². The van der Waals surface area contributed by atoms with Crippen molar-refractivity contribution in [3.05, 3.63) is 109 Å². The summed E-state index contributed by atoms with van der Waals surface area (Å²) in [5.74, 6) is -0.904. The molecule has 0 aromatic rings. The van der Waals surface area contributed by atoms with Crippen molar-refractivity contribution < 1.29 is 28.6 Å². The molecule has 0 aromatic carbocycles. The van der Waals surface area contributed by atoms with E-state index in [1.165, 1.54) is 128 Å². The van der Waals surface area contributed by atoms with E-state index in [9.17, 15) is 14.4 Å². The van der Waals surface area contributed by atoms with Gasteiger partial charge in [0.05, 0.1) is 0 Å². The van der Waals surface area contributed by atoms with Gasteiger partial charge >= 0.3 is 17.9 Å². The summed E-state index contributed by atoms with van der Waals surface area (Å²) in [4.78, 5) is 38.2. The van der Waals surface area contributed by atoms with Crippen LogP contribution in [0.15, 0.2) is 109 Å². The van der Waals surface area contributed by atoms with Gasteiger partial charge in [-0.15, -0.1) is 0 Å². The molecule has 0 saturated carbocycles. The van der Waals surface area contributed by atoms with Crippen LogP contribution in [0.5, 0.6) is 0 Å². The molecule has 0 bridgehead atoms. The summed E-state index contributed by atoms with van der Waals surface area (Å²) in [6.45, 7) is 6.45. The predicted molar refractivity (Wildman–Crippen MR) is 330 cm³/mol. The van der Waals surface area contributed by atoms with E-state index in [1.807, 2.05) is 0 Å². The molecule has 0 saturated heterocycles. The first-order valence-corrected chi connectivity index (χ1v) is 31.9. The van der Waals surface area contributed by atoms with Crippen LogP contribution in [0.3, 0.4) is 0 Å². The monoisotopic (exact) mass is 1050 g/mol. The minimum atomic E-state index is -0.789. The number of ether oxygens (including phenoxy) is 3. The zero-order valence-corrected chi connectivity index (χ0v) is 49.7. The fraction of sp³-hybridized carbons (Fsp3) is 0.700. The highest BCUT2D eigenvalue weighted by Crippen LogP contribution is 2.15. The number of carbonyl (C=O) groups excluding carboxylic acids is 3. The van der Waals surface area contributed by atoms with E-state index in [0.717, 1.165) is 128 Å². The lowest BCUT2D eigenvalue weighted by Crippen LogP contribution is -2.30. The number of esters is 3. The Morgan fingerprint density at radius 1 is 0.276 bits per heavy atom. The Morgan fingerprint density at radius 2 is 0.539 bits per heavy atom. The summed E-state index contributed by atoms with van der Waals surface area (Å²) < 4.78 is 16.9. The number of carbonyl (C=O) groups is 3. The average Bonchev–Trinajstić information content (AvgIpc) is 3.42. The second-order valence-corrected chi connectivity index (χ2v) is 20.9. The Hall–Kier alpha value is -3.93. The van der Waals surface area contributed by atoms with Crippen molar-refractivity contribution in [3.63, 3.8) is 0 Å². The summed E-state index contributed by atoms with van der Waals surface area (Å²) >= 11 is 0. The minimum Gasteiger partial charge on any atom is -0.462 e. The van der Waals surface area contributed by atoms with Gasteiger partial charge in [-0.05, 0) is 122 Å². The number of unbranched alkanes of at least 4 members (excludes halogenated alkanes) is 28. The highest BCUT2D eigenvalue weighted by molar-refractivity contribution is 5.71. The molecule has 0 radical (unpaired) electrons. The van der Waals surface area contributed by atoms with Crippen LogP contribution in [0.2, 0.25) is 0 Å². The Bertz CT molecular complexity index is 1540. The highest BCUT2D eigenvalue weighted by atomic mass is 16.6. The fourth-order valence-electron chi connectivity index (χ4n) is 8.71. The number of rotatable bonds is 57. The molecule has 434 valence electrons. The van der Waals surface area contributed by atoms with E-state index in [2.05, 4.69) is 130 Å². The molecule has 0 aliphatic rings. The summed E-state index contributed by atoms with van der Waals surface area (Å²) in [5.41, 5.74) is 0. The van der Waals surface area contributed by atoms with Gasteiger partial charge in [0.25, 0.3) is 0 Å². The normalized spacial score (nSPS) is 12.8. The zero-order valence-electron chi connectivity index (χ0n) is 49.7.